The van der Waals surface area contributed by atoms with E-state index in [1.807, 2.05) is 0 Å². The maximum atomic E-state index is 2.50. The molecule has 37 heavy (non-hydrogen) atoms. The molecular weight excluding hydrogens is 448 g/mol. The molecule has 0 radical (unpaired) electrons. The Kier molecular flexibility index (Phi) is 6.79. The van der Waals surface area contributed by atoms with Gasteiger partial charge in [-0.1, -0.05) is 70.2 Å². The Labute approximate surface area is 224 Å². The van der Waals surface area contributed by atoms with Gasteiger partial charge in [-0.15, -0.1) is 0 Å². The third kappa shape index (κ3) is 4.87. The van der Waals surface area contributed by atoms with Gasteiger partial charge in [-0.2, -0.15) is 0 Å². The summed E-state index contributed by atoms with van der Waals surface area (Å²) in [6.45, 7) is 15.1. The molecule has 0 aromatic heterocycles. The zero-order valence-electron chi connectivity index (χ0n) is 23.5. The fourth-order valence-corrected chi connectivity index (χ4v) is 6.08. The van der Waals surface area contributed by atoms with Crippen LogP contribution in [0.3, 0.4) is 0 Å². The molecule has 2 aliphatic rings. The Morgan fingerprint density at radius 3 is 2.03 bits per heavy atom. The smallest absolute Gasteiger partial charge is 0.0482 e. The second-order valence-electron chi connectivity index (χ2n) is 12.0. The lowest BCUT2D eigenvalue weighted by Crippen LogP contribution is -2.34. The van der Waals surface area contributed by atoms with Gasteiger partial charge in [0, 0.05) is 35.0 Å². The van der Waals surface area contributed by atoms with Crippen LogP contribution in [0.25, 0.3) is 0 Å². The third-order valence-corrected chi connectivity index (χ3v) is 8.42. The number of para-hydroxylation sites is 1. The Morgan fingerprint density at radius 2 is 1.38 bits per heavy atom. The Hall–Kier alpha value is -3.26. The van der Waals surface area contributed by atoms with Crippen LogP contribution in [0.4, 0.5) is 22.7 Å². The SMILES string of the molecule is CCN(c1cccc(N(C2=CCCC=C2)c2ccccc2)c1)c1cc2c(cc1C)C(C)(C)CCC2(C)C. The number of nitrogens with zero attached hydrogens (tertiary/aromatic N) is 2. The molecule has 2 nitrogen and oxygen atoms in total. The second-order valence-corrected chi connectivity index (χ2v) is 12.0. The molecule has 0 saturated carbocycles. The summed E-state index contributed by atoms with van der Waals surface area (Å²) in [5, 5.41) is 0. The normalized spacial score (nSPS) is 17.6. The van der Waals surface area contributed by atoms with Gasteiger partial charge in [0.1, 0.15) is 0 Å². The first-order valence-corrected chi connectivity index (χ1v) is 14.0. The monoisotopic (exact) mass is 490 g/mol. The van der Waals surface area contributed by atoms with Crippen LogP contribution in [0.5, 0.6) is 0 Å². The molecule has 5 rings (SSSR count). The van der Waals surface area contributed by atoms with Crippen LogP contribution in [0.15, 0.2) is 90.7 Å². The number of allylic oxidation sites excluding steroid dienone is 3. The molecule has 0 heterocycles. The van der Waals surface area contributed by atoms with Crippen molar-refractivity contribution < 1.29 is 0 Å². The van der Waals surface area contributed by atoms with Crippen LogP contribution < -0.4 is 9.80 Å². The summed E-state index contributed by atoms with van der Waals surface area (Å²) in [4.78, 5) is 4.88. The van der Waals surface area contributed by atoms with Crippen molar-refractivity contribution in [2.75, 3.05) is 16.3 Å². The van der Waals surface area contributed by atoms with E-state index in [4.69, 9.17) is 0 Å². The molecule has 0 unspecified atom stereocenters. The van der Waals surface area contributed by atoms with Crippen molar-refractivity contribution in [3.8, 4) is 0 Å². The van der Waals surface area contributed by atoms with Gasteiger partial charge >= 0.3 is 0 Å². The molecule has 0 N–H and O–H groups in total. The number of hydrogen-bond acceptors (Lipinski definition) is 2. The number of benzene rings is 3. The first-order valence-electron chi connectivity index (χ1n) is 14.0. The molecule has 0 bridgehead atoms. The number of anilines is 4. The molecule has 2 heteroatoms. The maximum Gasteiger partial charge on any atom is 0.0482 e. The van der Waals surface area contributed by atoms with E-state index in [9.17, 15) is 0 Å². The van der Waals surface area contributed by atoms with E-state index in [0.29, 0.717) is 0 Å². The highest BCUT2D eigenvalue weighted by Crippen LogP contribution is 2.48. The van der Waals surface area contributed by atoms with E-state index < -0.39 is 0 Å². The van der Waals surface area contributed by atoms with E-state index in [1.165, 1.54) is 58.0 Å². The fraction of sp³-hybridized carbons (Fsp3) is 0.371. The van der Waals surface area contributed by atoms with Gasteiger partial charge in [0.25, 0.3) is 0 Å². The summed E-state index contributed by atoms with van der Waals surface area (Å²) in [6, 6.07) is 24.8. The second kappa shape index (κ2) is 9.89. The molecule has 3 aromatic carbocycles. The van der Waals surface area contributed by atoms with Gasteiger partial charge in [0.05, 0.1) is 0 Å². The van der Waals surface area contributed by atoms with E-state index in [1.54, 1.807) is 0 Å². The van der Waals surface area contributed by atoms with Crippen molar-refractivity contribution in [3.63, 3.8) is 0 Å². The average Bonchev–Trinajstić information content (AvgIpc) is 2.90. The summed E-state index contributed by atoms with van der Waals surface area (Å²) in [5.41, 5.74) is 11.0. The summed E-state index contributed by atoms with van der Waals surface area (Å²) < 4.78 is 0. The Balaban J connectivity index is 1.60. The first kappa shape index (κ1) is 25.4. The van der Waals surface area contributed by atoms with Crippen LogP contribution >= 0.6 is 0 Å². The van der Waals surface area contributed by atoms with E-state index in [2.05, 4.69) is 136 Å². The number of hydrogen-bond donors (Lipinski definition) is 0. The quantitative estimate of drug-likeness (QED) is 0.339. The van der Waals surface area contributed by atoms with E-state index >= 15 is 0 Å². The third-order valence-electron chi connectivity index (χ3n) is 8.42. The highest BCUT2D eigenvalue weighted by atomic mass is 15.2. The molecule has 0 spiro atoms. The summed E-state index contributed by atoms with van der Waals surface area (Å²) in [6.07, 6.45) is 11.6. The minimum absolute atomic E-state index is 0.193. The molecule has 0 fully saturated rings. The molecule has 0 aliphatic heterocycles. The van der Waals surface area contributed by atoms with Crippen LogP contribution in [0.1, 0.15) is 77.0 Å². The highest BCUT2D eigenvalue weighted by molar-refractivity contribution is 5.76. The van der Waals surface area contributed by atoms with Gasteiger partial charge < -0.3 is 9.80 Å². The topological polar surface area (TPSA) is 6.48 Å². The van der Waals surface area contributed by atoms with Gasteiger partial charge in [-0.25, -0.2) is 0 Å². The zero-order valence-corrected chi connectivity index (χ0v) is 23.5. The van der Waals surface area contributed by atoms with Crippen molar-refractivity contribution in [2.24, 2.45) is 0 Å². The lowest BCUT2D eigenvalue weighted by atomic mass is 9.63. The van der Waals surface area contributed by atoms with Crippen molar-refractivity contribution in [1.82, 2.24) is 0 Å². The van der Waals surface area contributed by atoms with Crippen LogP contribution in [-0.2, 0) is 10.8 Å². The number of rotatable bonds is 6. The van der Waals surface area contributed by atoms with Crippen molar-refractivity contribution in [3.05, 3.63) is 107 Å². The molecular formula is C35H42N2. The van der Waals surface area contributed by atoms with Crippen molar-refractivity contribution in [2.45, 2.75) is 78.1 Å². The lowest BCUT2D eigenvalue weighted by Gasteiger charge is -2.43. The average molecular weight is 491 g/mol. The number of fused-ring (bicyclic) bond motifs is 1. The number of aryl methyl sites for hydroxylation is 1. The molecule has 0 atom stereocenters. The predicted octanol–water partition coefficient (Wildman–Crippen LogP) is 9.87. The summed E-state index contributed by atoms with van der Waals surface area (Å²) in [5.74, 6) is 0. The molecule has 192 valence electrons. The fourth-order valence-electron chi connectivity index (χ4n) is 6.08. The summed E-state index contributed by atoms with van der Waals surface area (Å²) >= 11 is 0. The minimum Gasteiger partial charge on any atom is -0.341 e. The van der Waals surface area contributed by atoms with Crippen LogP contribution in [-0.4, -0.2) is 6.54 Å². The summed E-state index contributed by atoms with van der Waals surface area (Å²) in [7, 11) is 0. The molecule has 2 aliphatic carbocycles. The van der Waals surface area contributed by atoms with Gasteiger partial charge in [-0.3, -0.25) is 0 Å². The maximum absolute atomic E-state index is 2.50. The van der Waals surface area contributed by atoms with Crippen LogP contribution in [0.2, 0.25) is 0 Å². The zero-order chi connectivity index (χ0) is 26.2. The van der Waals surface area contributed by atoms with E-state index in [-0.39, 0.29) is 10.8 Å². The van der Waals surface area contributed by atoms with Crippen molar-refractivity contribution in [1.29, 1.82) is 0 Å². The first-order chi connectivity index (χ1) is 17.7. The van der Waals surface area contributed by atoms with Crippen LogP contribution in [0, 0.1) is 6.92 Å². The largest absolute Gasteiger partial charge is 0.341 e. The molecule has 0 saturated heterocycles. The highest BCUT2D eigenvalue weighted by Gasteiger charge is 2.37. The van der Waals surface area contributed by atoms with Gasteiger partial charge in [0.15, 0.2) is 0 Å². The molecule has 3 aromatic rings. The minimum atomic E-state index is 0.193. The molecule has 0 amide bonds. The standard InChI is InChI=1S/C35H42N2/c1-7-36(33-25-32-31(23-26(33)2)34(3,4)21-22-35(32,5)6)29-19-14-20-30(24-29)37(27-15-10-8-11-16-27)28-17-12-9-13-18-28/h8,10-12,14-20,23-25H,7,9,13,21-22H2,1-6H3. The predicted molar refractivity (Wildman–Crippen MR) is 161 cm³/mol. The van der Waals surface area contributed by atoms with Gasteiger partial charge in [0.2, 0.25) is 0 Å². The Bertz CT molecular complexity index is 1330. The Morgan fingerprint density at radius 1 is 0.730 bits per heavy atom. The van der Waals surface area contributed by atoms with E-state index in [0.717, 1.165) is 19.4 Å². The van der Waals surface area contributed by atoms with Crippen molar-refractivity contribution >= 4 is 22.7 Å². The van der Waals surface area contributed by atoms with Gasteiger partial charge in [-0.05, 0) is 110 Å². The lowest BCUT2D eigenvalue weighted by molar-refractivity contribution is 0.332.